The molecule has 5 nitrogen and oxygen atoms in total. The Kier molecular flexibility index (Phi) is 7.97. The number of nitrogens with one attached hydrogen (secondary N) is 1. The van der Waals surface area contributed by atoms with Crippen LogP contribution in [0.4, 0.5) is 0 Å². The summed E-state index contributed by atoms with van der Waals surface area (Å²) in [6.45, 7) is 5.43. The molecule has 116 valence electrons. The first-order valence-corrected chi connectivity index (χ1v) is 6.99. The van der Waals surface area contributed by atoms with Crippen molar-refractivity contribution in [2.45, 2.75) is 13.8 Å². The highest BCUT2D eigenvalue weighted by Crippen LogP contribution is 2.28. The SMILES string of the molecule is C/C=C/c1ccc(OCC(=O)NCCOCC)c(OC)c1. The summed E-state index contributed by atoms with van der Waals surface area (Å²) < 4.78 is 15.9. The molecule has 0 spiro atoms. The lowest BCUT2D eigenvalue weighted by Crippen LogP contribution is -2.31. The normalized spacial score (nSPS) is 10.6. The van der Waals surface area contributed by atoms with Gasteiger partial charge in [0.1, 0.15) is 0 Å². The van der Waals surface area contributed by atoms with Gasteiger partial charge in [-0.05, 0) is 31.5 Å². The molecule has 0 atom stereocenters. The van der Waals surface area contributed by atoms with E-state index >= 15 is 0 Å². The van der Waals surface area contributed by atoms with Crippen molar-refractivity contribution in [3.8, 4) is 11.5 Å². The van der Waals surface area contributed by atoms with Crippen molar-refractivity contribution in [3.63, 3.8) is 0 Å². The zero-order chi connectivity index (χ0) is 15.5. The zero-order valence-electron chi connectivity index (χ0n) is 12.8. The van der Waals surface area contributed by atoms with Crippen molar-refractivity contribution in [1.29, 1.82) is 0 Å². The summed E-state index contributed by atoms with van der Waals surface area (Å²) in [5.41, 5.74) is 1.02. The lowest BCUT2D eigenvalue weighted by atomic mass is 10.2. The van der Waals surface area contributed by atoms with Crippen LogP contribution in [0.3, 0.4) is 0 Å². The average Bonchev–Trinajstić information content (AvgIpc) is 2.50. The van der Waals surface area contributed by atoms with E-state index in [1.54, 1.807) is 13.2 Å². The number of carbonyl (C=O) groups excluding carboxylic acids is 1. The minimum absolute atomic E-state index is 0.0502. The number of methoxy groups -OCH3 is 1. The van der Waals surface area contributed by atoms with Crippen LogP contribution in [0.15, 0.2) is 24.3 Å². The maximum absolute atomic E-state index is 11.6. The Bertz CT molecular complexity index is 471. The molecule has 21 heavy (non-hydrogen) atoms. The Balaban J connectivity index is 2.49. The van der Waals surface area contributed by atoms with Gasteiger partial charge in [0.15, 0.2) is 18.1 Å². The molecule has 0 heterocycles. The van der Waals surface area contributed by atoms with Crippen LogP contribution in [0.25, 0.3) is 6.08 Å². The van der Waals surface area contributed by atoms with Crippen LogP contribution in [-0.4, -0.2) is 39.4 Å². The lowest BCUT2D eigenvalue weighted by Gasteiger charge is -2.11. The van der Waals surface area contributed by atoms with E-state index in [4.69, 9.17) is 14.2 Å². The van der Waals surface area contributed by atoms with Crippen LogP contribution in [-0.2, 0) is 9.53 Å². The van der Waals surface area contributed by atoms with E-state index in [1.165, 1.54) is 0 Å². The molecule has 0 unspecified atom stereocenters. The highest BCUT2D eigenvalue weighted by molar-refractivity contribution is 5.77. The molecule has 0 fully saturated rings. The fourth-order valence-corrected chi connectivity index (χ4v) is 1.70. The monoisotopic (exact) mass is 293 g/mol. The van der Waals surface area contributed by atoms with Crippen molar-refractivity contribution >= 4 is 12.0 Å². The number of allylic oxidation sites excluding steroid dienone is 1. The number of rotatable bonds is 9. The summed E-state index contributed by atoms with van der Waals surface area (Å²) in [6.07, 6.45) is 3.91. The van der Waals surface area contributed by atoms with Gasteiger partial charge in [0.25, 0.3) is 5.91 Å². The number of ether oxygens (including phenoxy) is 3. The van der Waals surface area contributed by atoms with Crippen molar-refractivity contribution in [3.05, 3.63) is 29.8 Å². The quantitative estimate of drug-likeness (QED) is 0.710. The van der Waals surface area contributed by atoms with Gasteiger partial charge in [0.05, 0.1) is 13.7 Å². The molecule has 1 amide bonds. The Morgan fingerprint density at radius 2 is 2.14 bits per heavy atom. The molecule has 0 aromatic heterocycles. The second-order valence-corrected chi connectivity index (χ2v) is 4.25. The first-order chi connectivity index (χ1) is 10.2. The zero-order valence-corrected chi connectivity index (χ0v) is 12.8. The van der Waals surface area contributed by atoms with Crippen LogP contribution in [0.5, 0.6) is 11.5 Å². The van der Waals surface area contributed by atoms with Crippen molar-refractivity contribution < 1.29 is 19.0 Å². The molecule has 0 saturated heterocycles. The van der Waals surface area contributed by atoms with Crippen LogP contribution in [0, 0.1) is 0 Å². The minimum Gasteiger partial charge on any atom is -0.493 e. The van der Waals surface area contributed by atoms with Crippen LogP contribution >= 0.6 is 0 Å². The second kappa shape index (κ2) is 9.83. The Labute approximate surface area is 125 Å². The summed E-state index contributed by atoms with van der Waals surface area (Å²) in [4.78, 5) is 11.6. The van der Waals surface area contributed by atoms with E-state index in [9.17, 15) is 4.79 Å². The molecule has 0 radical (unpaired) electrons. The summed E-state index contributed by atoms with van der Waals surface area (Å²) in [5.74, 6) is 0.965. The van der Waals surface area contributed by atoms with E-state index in [2.05, 4.69) is 5.32 Å². The molecule has 1 aromatic carbocycles. The number of carbonyl (C=O) groups is 1. The molecule has 1 aromatic rings. The average molecular weight is 293 g/mol. The number of benzene rings is 1. The van der Waals surface area contributed by atoms with Crippen LogP contribution in [0.2, 0.25) is 0 Å². The summed E-state index contributed by atoms with van der Waals surface area (Å²) in [6, 6.07) is 5.56. The predicted octanol–water partition coefficient (Wildman–Crippen LogP) is 2.26. The highest BCUT2D eigenvalue weighted by atomic mass is 16.5. The third kappa shape index (κ3) is 6.31. The number of amides is 1. The van der Waals surface area contributed by atoms with Gasteiger partial charge < -0.3 is 19.5 Å². The smallest absolute Gasteiger partial charge is 0.258 e. The molecule has 0 bridgehead atoms. The van der Waals surface area contributed by atoms with Gasteiger partial charge in [-0.1, -0.05) is 18.2 Å². The van der Waals surface area contributed by atoms with Gasteiger partial charge in [-0.25, -0.2) is 0 Å². The van der Waals surface area contributed by atoms with Gasteiger partial charge in [-0.2, -0.15) is 0 Å². The Morgan fingerprint density at radius 1 is 1.33 bits per heavy atom. The van der Waals surface area contributed by atoms with E-state index in [1.807, 2.05) is 38.1 Å². The second-order valence-electron chi connectivity index (χ2n) is 4.25. The summed E-state index contributed by atoms with van der Waals surface area (Å²) >= 11 is 0. The van der Waals surface area contributed by atoms with Gasteiger partial charge in [-0.3, -0.25) is 4.79 Å². The topological polar surface area (TPSA) is 56.8 Å². The van der Waals surface area contributed by atoms with Gasteiger partial charge in [-0.15, -0.1) is 0 Å². The van der Waals surface area contributed by atoms with Crippen molar-refractivity contribution in [2.24, 2.45) is 0 Å². The number of hydrogen-bond donors (Lipinski definition) is 1. The maximum atomic E-state index is 11.6. The molecule has 0 aliphatic heterocycles. The van der Waals surface area contributed by atoms with Crippen molar-refractivity contribution in [1.82, 2.24) is 5.32 Å². The standard InChI is InChI=1S/C16H23NO4/c1-4-6-13-7-8-14(15(11-13)19-3)21-12-16(18)17-9-10-20-5-2/h4,6-8,11H,5,9-10,12H2,1-3H3,(H,17,18)/b6-4+. The molecule has 5 heteroatoms. The molecular formula is C16H23NO4. The van der Waals surface area contributed by atoms with Gasteiger partial charge in [0.2, 0.25) is 0 Å². The summed E-state index contributed by atoms with van der Waals surface area (Å²) in [5, 5.41) is 2.72. The fourth-order valence-electron chi connectivity index (χ4n) is 1.70. The van der Waals surface area contributed by atoms with Crippen LogP contribution < -0.4 is 14.8 Å². The van der Waals surface area contributed by atoms with Crippen LogP contribution in [0.1, 0.15) is 19.4 Å². The molecule has 1 N–H and O–H groups in total. The van der Waals surface area contributed by atoms with E-state index in [0.29, 0.717) is 31.3 Å². The molecule has 0 aliphatic rings. The van der Waals surface area contributed by atoms with E-state index < -0.39 is 0 Å². The van der Waals surface area contributed by atoms with Crippen molar-refractivity contribution in [2.75, 3.05) is 33.5 Å². The summed E-state index contributed by atoms with van der Waals surface area (Å²) in [7, 11) is 1.57. The first kappa shape index (κ1) is 17.0. The van der Waals surface area contributed by atoms with E-state index in [0.717, 1.165) is 5.56 Å². The largest absolute Gasteiger partial charge is 0.493 e. The van der Waals surface area contributed by atoms with Gasteiger partial charge >= 0.3 is 0 Å². The third-order valence-corrected chi connectivity index (χ3v) is 2.68. The third-order valence-electron chi connectivity index (χ3n) is 2.68. The molecule has 0 aliphatic carbocycles. The Morgan fingerprint density at radius 3 is 2.81 bits per heavy atom. The molecule has 1 rings (SSSR count). The highest BCUT2D eigenvalue weighted by Gasteiger charge is 2.07. The molecular weight excluding hydrogens is 270 g/mol. The Hall–Kier alpha value is -2.01. The predicted molar refractivity (Wildman–Crippen MR) is 82.7 cm³/mol. The fraction of sp³-hybridized carbons (Fsp3) is 0.438. The van der Waals surface area contributed by atoms with E-state index in [-0.39, 0.29) is 12.5 Å². The first-order valence-electron chi connectivity index (χ1n) is 6.99. The number of hydrogen-bond acceptors (Lipinski definition) is 4. The minimum atomic E-state index is -0.186. The molecule has 0 saturated carbocycles. The maximum Gasteiger partial charge on any atom is 0.258 e. The lowest BCUT2D eigenvalue weighted by molar-refractivity contribution is -0.123. The van der Waals surface area contributed by atoms with Gasteiger partial charge in [0, 0.05) is 13.2 Å².